The zero-order valence-corrected chi connectivity index (χ0v) is 12.5. The molecule has 0 aliphatic heterocycles. The minimum Gasteiger partial charge on any atom is -0.341 e. The van der Waals surface area contributed by atoms with Crippen molar-refractivity contribution in [2.24, 2.45) is 11.3 Å². The van der Waals surface area contributed by atoms with E-state index in [2.05, 4.69) is 19.9 Å². The molecule has 1 aromatic rings. The van der Waals surface area contributed by atoms with Crippen LogP contribution in [0.3, 0.4) is 0 Å². The van der Waals surface area contributed by atoms with Crippen molar-refractivity contribution in [2.75, 3.05) is 7.05 Å². The van der Waals surface area contributed by atoms with Gasteiger partial charge in [0.1, 0.15) is 0 Å². The number of benzene rings is 1. The molecule has 1 fully saturated rings. The molecule has 1 aliphatic rings. The maximum atomic E-state index is 12.6. The second kappa shape index (κ2) is 5.66. The molecule has 3 nitrogen and oxygen atoms in total. The van der Waals surface area contributed by atoms with Crippen LogP contribution in [0.1, 0.15) is 44.2 Å². The van der Waals surface area contributed by atoms with E-state index in [1.165, 1.54) is 0 Å². The zero-order chi connectivity index (χ0) is 14.8. The minimum atomic E-state index is 0.111. The average Bonchev–Trinajstić information content (AvgIpc) is 2.77. The summed E-state index contributed by atoms with van der Waals surface area (Å²) in [7, 11) is 1.86. The lowest BCUT2D eigenvalue weighted by molar-refractivity contribution is -0.137. The first kappa shape index (κ1) is 14.6. The van der Waals surface area contributed by atoms with Crippen molar-refractivity contribution in [3.8, 4) is 6.07 Å². The average molecular weight is 270 g/mol. The van der Waals surface area contributed by atoms with Gasteiger partial charge in [-0.1, -0.05) is 32.4 Å². The lowest BCUT2D eigenvalue weighted by Gasteiger charge is -2.30. The lowest BCUT2D eigenvalue weighted by Crippen LogP contribution is -2.37. The number of nitrogens with zero attached hydrogens (tertiary/aromatic N) is 2. The Labute approximate surface area is 121 Å². The van der Waals surface area contributed by atoms with Gasteiger partial charge in [-0.2, -0.15) is 5.26 Å². The van der Waals surface area contributed by atoms with Crippen molar-refractivity contribution in [1.29, 1.82) is 5.26 Å². The molecule has 3 heteroatoms. The molecule has 1 aliphatic carbocycles. The van der Waals surface area contributed by atoms with Gasteiger partial charge in [-0.15, -0.1) is 0 Å². The summed E-state index contributed by atoms with van der Waals surface area (Å²) in [4.78, 5) is 14.4. The normalized spacial score (nSPS) is 20.4. The number of nitriles is 1. The smallest absolute Gasteiger partial charge is 0.226 e. The van der Waals surface area contributed by atoms with Crippen LogP contribution < -0.4 is 0 Å². The highest BCUT2D eigenvalue weighted by atomic mass is 16.2. The van der Waals surface area contributed by atoms with Crippen LogP contribution in [-0.4, -0.2) is 17.9 Å². The number of rotatable bonds is 3. The summed E-state index contributed by atoms with van der Waals surface area (Å²) >= 11 is 0. The van der Waals surface area contributed by atoms with Crippen LogP contribution in [0.15, 0.2) is 24.3 Å². The van der Waals surface area contributed by atoms with Gasteiger partial charge in [-0.25, -0.2) is 0 Å². The fraction of sp³-hybridized carbons (Fsp3) is 0.529. The molecule has 1 unspecified atom stereocenters. The van der Waals surface area contributed by atoms with Gasteiger partial charge in [-0.3, -0.25) is 4.79 Å². The second-order valence-electron chi connectivity index (χ2n) is 6.44. The second-order valence-corrected chi connectivity index (χ2v) is 6.44. The van der Waals surface area contributed by atoms with Crippen molar-refractivity contribution in [3.63, 3.8) is 0 Å². The summed E-state index contributed by atoms with van der Waals surface area (Å²) in [6.45, 7) is 4.94. The van der Waals surface area contributed by atoms with E-state index < -0.39 is 0 Å². The predicted molar refractivity (Wildman–Crippen MR) is 78.8 cm³/mol. The van der Waals surface area contributed by atoms with Gasteiger partial charge in [-0.05, 0) is 36.0 Å². The maximum Gasteiger partial charge on any atom is 0.226 e. The standard InChI is InChI=1S/C17H22N2O/c1-17(2)9-5-8-15(17)16(20)19(3)12-14-7-4-6-13(10-14)11-18/h4,6-7,10,15H,5,8-9,12H2,1-3H3. The van der Waals surface area contributed by atoms with Crippen LogP contribution in [-0.2, 0) is 11.3 Å². The van der Waals surface area contributed by atoms with Gasteiger partial charge in [0.15, 0.2) is 0 Å². The molecule has 0 heterocycles. The van der Waals surface area contributed by atoms with E-state index in [4.69, 9.17) is 5.26 Å². The van der Waals surface area contributed by atoms with E-state index in [0.29, 0.717) is 12.1 Å². The van der Waals surface area contributed by atoms with E-state index in [0.717, 1.165) is 24.8 Å². The van der Waals surface area contributed by atoms with Gasteiger partial charge in [0.05, 0.1) is 11.6 Å². The molecule has 106 valence electrons. The quantitative estimate of drug-likeness (QED) is 0.845. The molecule has 0 N–H and O–H groups in total. The predicted octanol–water partition coefficient (Wildman–Crippen LogP) is 3.34. The first-order chi connectivity index (χ1) is 9.44. The Hall–Kier alpha value is -1.82. The van der Waals surface area contributed by atoms with Crippen LogP contribution in [0.4, 0.5) is 0 Å². The van der Waals surface area contributed by atoms with E-state index in [1.807, 2.05) is 25.2 Å². The molecule has 20 heavy (non-hydrogen) atoms. The third kappa shape index (κ3) is 3.01. The molecule has 0 radical (unpaired) electrons. The Morgan fingerprint density at radius 3 is 2.85 bits per heavy atom. The zero-order valence-electron chi connectivity index (χ0n) is 12.5. The van der Waals surface area contributed by atoms with Crippen LogP contribution in [0, 0.1) is 22.7 Å². The SMILES string of the molecule is CN(Cc1cccc(C#N)c1)C(=O)C1CCCC1(C)C. The molecule has 2 rings (SSSR count). The topological polar surface area (TPSA) is 44.1 Å². The first-order valence-electron chi connectivity index (χ1n) is 7.18. The first-order valence-corrected chi connectivity index (χ1v) is 7.18. The highest BCUT2D eigenvalue weighted by Crippen LogP contribution is 2.43. The largest absolute Gasteiger partial charge is 0.341 e. The number of hydrogen-bond acceptors (Lipinski definition) is 2. The Morgan fingerprint density at radius 2 is 2.25 bits per heavy atom. The molecule has 0 aromatic heterocycles. The van der Waals surface area contributed by atoms with Crippen molar-refractivity contribution in [3.05, 3.63) is 35.4 Å². The van der Waals surface area contributed by atoms with Crippen LogP contribution in [0.2, 0.25) is 0 Å². The number of amides is 1. The molecule has 1 atom stereocenters. The molecule has 0 spiro atoms. The molecule has 1 amide bonds. The van der Waals surface area contributed by atoms with E-state index in [1.54, 1.807) is 11.0 Å². The van der Waals surface area contributed by atoms with E-state index in [-0.39, 0.29) is 17.2 Å². The van der Waals surface area contributed by atoms with Crippen molar-refractivity contribution in [1.82, 2.24) is 4.90 Å². The highest BCUT2D eigenvalue weighted by molar-refractivity contribution is 5.79. The van der Waals surface area contributed by atoms with Crippen molar-refractivity contribution < 1.29 is 4.79 Å². The van der Waals surface area contributed by atoms with Crippen molar-refractivity contribution in [2.45, 2.75) is 39.7 Å². The van der Waals surface area contributed by atoms with Gasteiger partial charge >= 0.3 is 0 Å². The summed E-state index contributed by atoms with van der Waals surface area (Å²) in [5, 5.41) is 8.92. The third-order valence-corrected chi connectivity index (χ3v) is 4.41. The number of carbonyl (C=O) groups excluding carboxylic acids is 1. The Bertz CT molecular complexity index is 542. The Kier molecular flexibility index (Phi) is 4.13. The number of carbonyl (C=O) groups is 1. The van der Waals surface area contributed by atoms with Gasteiger partial charge < -0.3 is 4.90 Å². The Morgan fingerprint density at radius 1 is 1.50 bits per heavy atom. The summed E-state index contributed by atoms with van der Waals surface area (Å²) in [5.41, 5.74) is 1.76. The fourth-order valence-corrected chi connectivity index (χ4v) is 3.14. The monoisotopic (exact) mass is 270 g/mol. The molecular weight excluding hydrogens is 248 g/mol. The molecular formula is C17H22N2O. The third-order valence-electron chi connectivity index (χ3n) is 4.41. The number of hydrogen-bond donors (Lipinski definition) is 0. The lowest BCUT2D eigenvalue weighted by atomic mass is 9.81. The summed E-state index contributed by atoms with van der Waals surface area (Å²) in [6.07, 6.45) is 3.26. The molecule has 0 bridgehead atoms. The molecule has 1 saturated carbocycles. The van der Waals surface area contributed by atoms with Gasteiger partial charge in [0, 0.05) is 19.5 Å². The minimum absolute atomic E-state index is 0.111. The van der Waals surface area contributed by atoms with E-state index >= 15 is 0 Å². The van der Waals surface area contributed by atoms with Gasteiger partial charge in [0.2, 0.25) is 5.91 Å². The van der Waals surface area contributed by atoms with Crippen LogP contribution in [0.5, 0.6) is 0 Å². The van der Waals surface area contributed by atoms with Gasteiger partial charge in [0.25, 0.3) is 0 Å². The Balaban J connectivity index is 2.06. The summed E-state index contributed by atoms with van der Waals surface area (Å²) < 4.78 is 0. The maximum absolute atomic E-state index is 12.6. The molecule has 0 saturated heterocycles. The van der Waals surface area contributed by atoms with E-state index in [9.17, 15) is 4.79 Å². The fourth-order valence-electron chi connectivity index (χ4n) is 3.14. The summed E-state index contributed by atoms with van der Waals surface area (Å²) in [5.74, 6) is 0.363. The highest BCUT2D eigenvalue weighted by Gasteiger charge is 2.40. The molecule has 1 aromatic carbocycles. The van der Waals surface area contributed by atoms with Crippen LogP contribution in [0.25, 0.3) is 0 Å². The van der Waals surface area contributed by atoms with Crippen LogP contribution >= 0.6 is 0 Å². The summed E-state index contributed by atoms with van der Waals surface area (Å²) in [6, 6.07) is 9.60. The van der Waals surface area contributed by atoms with Crippen molar-refractivity contribution >= 4 is 5.91 Å².